The van der Waals surface area contributed by atoms with Crippen molar-refractivity contribution in [1.29, 1.82) is 0 Å². The Bertz CT molecular complexity index is 717. The molecular formula is C15H9Cl2F2NO. The van der Waals surface area contributed by atoms with E-state index in [9.17, 15) is 13.6 Å². The molecule has 108 valence electrons. The molecule has 6 heteroatoms. The highest BCUT2D eigenvalue weighted by molar-refractivity contribution is 6.35. The SMILES string of the molecule is O=C(/C=C/c1ccc(Cl)cc1Cl)Nc1ccc(F)cc1F. The molecule has 1 amide bonds. The van der Waals surface area contributed by atoms with Crippen LogP contribution in [0.2, 0.25) is 10.0 Å². The van der Waals surface area contributed by atoms with Crippen LogP contribution in [0.3, 0.4) is 0 Å². The Morgan fingerprint density at radius 1 is 1.10 bits per heavy atom. The summed E-state index contributed by atoms with van der Waals surface area (Å²) in [5, 5.41) is 3.17. The molecule has 2 aromatic carbocycles. The average molecular weight is 328 g/mol. The van der Waals surface area contributed by atoms with Crippen LogP contribution < -0.4 is 5.32 Å². The van der Waals surface area contributed by atoms with Gasteiger partial charge in [0, 0.05) is 22.2 Å². The van der Waals surface area contributed by atoms with Crippen LogP contribution in [-0.4, -0.2) is 5.91 Å². The molecule has 0 saturated heterocycles. The topological polar surface area (TPSA) is 29.1 Å². The van der Waals surface area contributed by atoms with Gasteiger partial charge >= 0.3 is 0 Å². The fourth-order valence-corrected chi connectivity index (χ4v) is 2.04. The maximum absolute atomic E-state index is 13.4. The van der Waals surface area contributed by atoms with Gasteiger partial charge in [-0.25, -0.2) is 8.78 Å². The van der Waals surface area contributed by atoms with Crippen molar-refractivity contribution in [2.45, 2.75) is 0 Å². The Labute approximate surface area is 130 Å². The van der Waals surface area contributed by atoms with Gasteiger partial charge in [0.1, 0.15) is 11.6 Å². The number of halogens is 4. The number of amides is 1. The highest BCUT2D eigenvalue weighted by Crippen LogP contribution is 2.22. The largest absolute Gasteiger partial charge is 0.320 e. The molecule has 0 spiro atoms. The van der Waals surface area contributed by atoms with Gasteiger partial charge in [0.25, 0.3) is 0 Å². The molecule has 0 saturated carbocycles. The van der Waals surface area contributed by atoms with Crippen molar-refractivity contribution in [1.82, 2.24) is 0 Å². The van der Waals surface area contributed by atoms with Crippen molar-refractivity contribution in [2.75, 3.05) is 5.32 Å². The third-order valence-corrected chi connectivity index (χ3v) is 3.13. The first-order valence-corrected chi connectivity index (χ1v) is 6.60. The zero-order valence-corrected chi connectivity index (χ0v) is 12.1. The number of nitrogens with one attached hydrogen (secondary N) is 1. The number of rotatable bonds is 3. The molecule has 21 heavy (non-hydrogen) atoms. The molecule has 2 rings (SSSR count). The fourth-order valence-electron chi connectivity index (χ4n) is 1.57. The van der Waals surface area contributed by atoms with Crippen LogP contribution in [0, 0.1) is 11.6 Å². The molecule has 0 aliphatic rings. The number of carbonyl (C=O) groups is 1. The molecule has 0 aliphatic carbocycles. The molecule has 0 unspecified atom stereocenters. The first kappa shape index (κ1) is 15.5. The second kappa shape index (κ2) is 6.70. The van der Waals surface area contributed by atoms with Crippen LogP contribution in [0.1, 0.15) is 5.56 Å². The monoisotopic (exact) mass is 327 g/mol. The summed E-state index contributed by atoms with van der Waals surface area (Å²) in [4.78, 5) is 11.7. The summed E-state index contributed by atoms with van der Waals surface area (Å²) in [6, 6.07) is 7.71. The van der Waals surface area contributed by atoms with Crippen molar-refractivity contribution in [2.24, 2.45) is 0 Å². The minimum absolute atomic E-state index is 0.103. The summed E-state index contributed by atoms with van der Waals surface area (Å²) in [5.41, 5.74) is 0.490. The van der Waals surface area contributed by atoms with Gasteiger partial charge in [0.2, 0.25) is 5.91 Å². The van der Waals surface area contributed by atoms with Crippen LogP contribution >= 0.6 is 23.2 Å². The lowest BCUT2D eigenvalue weighted by molar-refractivity contribution is -0.111. The maximum atomic E-state index is 13.4. The maximum Gasteiger partial charge on any atom is 0.248 e. The summed E-state index contributed by atoms with van der Waals surface area (Å²) in [5.74, 6) is -2.12. The van der Waals surface area contributed by atoms with Crippen LogP contribution in [0.5, 0.6) is 0 Å². The predicted molar refractivity (Wildman–Crippen MR) is 80.5 cm³/mol. The quantitative estimate of drug-likeness (QED) is 0.796. The second-order valence-corrected chi connectivity index (χ2v) is 4.96. The van der Waals surface area contributed by atoms with E-state index in [0.29, 0.717) is 21.7 Å². The predicted octanol–water partition coefficient (Wildman–Crippen LogP) is 4.92. The molecule has 0 radical (unpaired) electrons. The van der Waals surface area contributed by atoms with Crippen LogP contribution in [0.25, 0.3) is 6.08 Å². The standard InChI is InChI=1S/C15H9Cl2F2NO/c16-10-3-1-9(12(17)7-10)2-6-15(21)20-14-5-4-11(18)8-13(14)19/h1-8H,(H,20,21)/b6-2+. The molecule has 0 aliphatic heterocycles. The van der Waals surface area contributed by atoms with Crippen molar-refractivity contribution in [3.63, 3.8) is 0 Å². The van der Waals surface area contributed by atoms with Crippen molar-refractivity contribution in [3.05, 3.63) is 69.7 Å². The fraction of sp³-hybridized carbons (Fsp3) is 0. The molecule has 1 N–H and O–H groups in total. The van der Waals surface area contributed by atoms with E-state index < -0.39 is 17.5 Å². The first-order chi connectivity index (χ1) is 9.95. The molecule has 0 aromatic heterocycles. The van der Waals surface area contributed by atoms with Crippen LogP contribution in [0.4, 0.5) is 14.5 Å². The van der Waals surface area contributed by atoms with Crippen LogP contribution in [-0.2, 0) is 4.79 Å². The Morgan fingerprint density at radius 2 is 1.86 bits per heavy atom. The van der Waals surface area contributed by atoms with Gasteiger partial charge in [-0.2, -0.15) is 0 Å². The molecule has 0 heterocycles. The smallest absolute Gasteiger partial charge is 0.248 e. The number of hydrogen-bond donors (Lipinski definition) is 1. The van der Waals surface area contributed by atoms with Gasteiger partial charge in [-0.3, -0.25) is 4.79 Å². The van der Waals surface area contributed by atoms with E-state index >= 15 is 0 Å². The van der Waals surface area contributed by atoms with E-state index in [2.05, 4.69) is 5.32 Å². The highest BCUT2D eigenvalue weighted by atomic mass is 35.5. The van der Waals surface area contributed by atoms with Gasteiger partial charge in [-0.15, -0.1) is 0 Å². The number of hydrogen-bond acceptors (Lipinski definition) is 1. The van der Waals surface area contributed by atoms with E-state index in [1.807, 2.05) is 0 Å². The molecule has 2 aromatic rings. The molecule has 0 fully saturated rings. The number of carbonyl (C=O) groups excluding carboxylic acids is 1. The summed E-state index contributed by atoms with van der Waals surface area (Å²) >= 11 is 11.7. The van der Waals surface area contributed by atoms with Gasteiger partial charge in [-0.1, -0.05) is 29.3 Å². The lowest BCUT2D eigenvalue weighted by Gasteiger charge is -2.04. The highest BCUT2D eigenvalue weighted by Gasteiger charge is 2.06. The molecule has 0 atom stereocenters. The van der Waals surface area contributed by atoms with E-state index in [-0.39, 0.29) is 5.69 Å². The Morgan fingerprint density at radius 3 is 2.52 bits per heavy atom. The Kier molecular flexibility index (Phi) is 4.94. The molecule has 0 bridgehead atoms. The summed E-state index contributed by atoms with van der Waals surface area (Å²) in [6.45, 7) is 0. The lowest BCUT2D eigenvalue weighted by atomic mass is 10.2. The lowest BCUT2D eigenvalue weighted by Crippen LogP contribution is -2.09. The van der Waals surface area contributed by atoms with Gasteiger partial charge in [-0.05, 0) is 35.9 Å². The zero-order valence-electron chi connectivity index (χ0n) is 10.5. The van der Waals surface area contributed by atoms with Gasteiger partial charge < -0.3 is 5.32 Å². The molecule has 2 nitrogen and oxygen atoms in total. The minimum Gasteiger partial charge on any atom is -0.320 e. The third kappa shape index (κ3) is 4.28. The zero-order chi connectivity index (χ0) is 15.4. The first-order valence-electron chi connectivity index (χ1n) is 5.85. The molecular weight excluding hydrogens is 319 g/mol. The van der Waals surface area contributed by atoms with Crippen LogP contribution in [0.15, 0.2) is 42.5 Å². The summed E-state index contributed by atoms with van der Waals surface area (Å²) < 4.78 is 26.1. The van der Waals surface area contributed by atoms with E-state index in [4.69, 9.17) is 23.2 Å². The Hall–Kier alpha value is -1.91. The van der Waals surface area contributed by atoms with Gasteiger partial charge in [0.15, 0.2) is 0 Å². The third-order valence-electron chi connectivity index (χ3n) is 2.57. The number of benzene rings is 2. The van der Waals surface area contributed by atoms with Crippen molar-refractivity contribution in [3.8, 4) is 0 Å². The van der Waals surface area contributed by atoms with Crippen molar-refractivity contribution < 1.29 is 13.6 Å². The van der Waals surface area contributed by atoms with E-state index in [1.54, 1.807) is 18.2 Å². The van der Waals surface area contributed by atoms with Gasteiger partial charge in [0.05, 0.1) is 5.69 Å². The summed E-state index contributed by atoms with van der Waals surface area (Å²) in [6.07, 6.45) is 2.66. The summed E-state index contributed by atoms with van der Waals surface area (Å²) in [7, 11) is 0. The van der Waals surface area contributed by atoms with E-state index in [1.165, 1.54) is 12.2 Å². The number of anilines is 1. The van der Waals surface area contributed by atoms with E-state index in [0.717, 1.165) is 12.1 Å². The minimum atomic E-state index is -0.846. The average Bonchev–Trinajstić information content (AvgIpc) is 2.41. The normalized spacial score (nSPS) is 10.9. The second-order valence-electron chi connectivity index (χ2n) is 4.11. The van der Waals surface area contributed by atoms with Crippen molar-refractivity contribution >= 4 is 40.9 Å². The Balaban J connectivity index is 2.09.